The van der Waals surface area contributed by atoms with E-state index in [1.165, 1.54) is 30.8 Å². The van der Waals surface area contributed by atoms with E-state index in [-0.39, 0.29) is 0 Å². The average Bonchev–Trinajstić information content (AvgIpc) is 2.76. The molecule has 0 amide bonds. The number of thioether (sulfide) groups is 1. The summed E-state index contributed by atoms with van der Waals surface area (Å²) in [5, 5.41) is 0. The number of imidazole rings is 1. The van der Waals surface area contributed by atoms with Crippen LogP contribution in [0.4, 0.5) is 5.82 Å². The Morgan fingerprint density at radius 2 is 2.29 bits per heavy atom. The lowest BCUT2D eigenvalue weighted by atomic mass is 10.1. The fourth-order valence-electron chi connectivity index (χ4n) is 2.09. The lowest BCUT2D eigenvalue weighted by Gasteiger charge is -2.07. The van der Waals surface area contributed by atoms with E-state index in [0.29, 0.717) is 12.0 Å². The number of nitrogens with two attached hydrogens (primary N) is 1. The molecule has 0 aromatic carbocycles. The predicted octanol–water partition coefficient (Wildman–Crippen LogP) is 2.02. The molecule has 1 saturated heterocycles. The van der Waals surface area contributed by atoms with Gasteiger partial charge in [-0.05, 0) is 25.0 Å². The van der Waals surface area contributed by atoms with Crippen molar-refractivity contribution >= 4 is 17.6 Å². The molecule has 0 bridgehead atoms. The number of aromatic nitrogens is 2. The number of nitrogen functional groups attached to an aromatic ring is 1. The van der Waals surface area contributed by atoms with Crippen LogP contribution in [0.25, 0.3) is 0 Å². The van der Waals surface area contributed by atoms with Gasteiger partial charge in [-0.3, -0.25) is 0 Å². The van der Waals surface area contributed by atoms with E-state index in [4.69, 9.17) is 5.73 Å². The van der Waals surface area contributed by atoms with Crippen LogP contribution in [0.1, 0.15) is 36.9 Å². The van der Waals surface area contributed by atoms with Gasteiger partial charge in [-0.25, -0.2) is 4.98 Å². The van der Waals surface area contributed by atoms with E-state index < -0.39 is 0 Å². The third kappa shape index (κ3) is 1.32. The molecule has 1 aromatic rings. The first kappa shape index (κ1) is 8.65. The Balaban J connectivity index is 1.89. The molecule has 1 aliphatic heterocycles. The van der Waals surface area contributed by atoms with Crippen LogP contribution in [0, 0.1) is 0 Å². The van der Waals surface area contributed by atoms with Crippen LogP contribution >= 0.6 is 11.8 Å². The molecule has 3 rings (SSSR count). The second kappa shape index (κ2) is 3.19. The average molecular weight is 209 g/mol. The van der Waals surface area contributed by atoms with Crippen molar-refractivity contribution in [2.24, 2.45) is 0 Å². The first-order valence-corrected chi connectivity index (χ1v) is 6.41. The van der Waals surface area contributed by atoms with Crippen molar-refractivity contribution in [3.63, 3.8) is 0 Å². The number of hydrogen-bond donors (Lipinski definition) is 1. The Hall–Kier alpha value is -0.640. The Morgan fingerprint density at radius 1 is 1.43 bits per heavy atom. The Kier molecular flexibility index (Phi) is 1.97. The maximum Gasteiger partial charge on any atom is 0.127 e. The van der Waals surface area contributed by atoms with Gasteiger partial charge in [0.2, 0.25) is 0 Å². The Labute approximate surface area is 88.1 Å². The molecule has 0 radical (unpaired) electrons. The van der Waals surface area contributed by atoms with Gasteiger partial charge in [0, 0.05) is 17.7 Å². The van der Waals surface area contributed by atoms with Crippen LogP contribution in [0.15, 0.2) is 6.33 Å². The highest BCUT2D eigenvalue weighted by Gasteiger charge is 2.29. The van der Waals surface area contributed by atoms with Crippen molar-refractivity contribution in [1.82, 2.24) is 9.55 Å². The van der Waals surface area contributed by atoms with Gasteiger partial charge >= 0.3 is 0 Å². The van der Waals surface area contributed by atoms with Gasteiger partial charge in [0.1, 0.15) is 5.82 Å². The van der Waals surface area contributed by atoms with E-state index in [0.717, 1.165) is 11.5 Å². The van der Waals surface area contributed by atoms with Crippen LogP contribution in [-0.2, 0) is 0 Å². The summed E-state index contributed by atoms with van der Waals surface area (Å²) in [6, 6.07) is 0.658. The highest BCUT2D eigenvalue weighted by Crippen LogP contribution is 2.40. The molecule has 2 N–H and O–H groups in total. The summed E-state index contributed by atoms with van der Waals surface area (Å²) in [6.07, 6.45) is 5.74. The van der Waals surface area contributed by atoms with Crippen LogP contribution in [0.2, 0.25) is 0 Å². The number of nitrogens with zero attached hydrogens (tertiary/aromatic N) is 2. The van der Waals surface area contributed by atoms with Gasteiger partial charge in [-0.15, -0.1) is 0 Å². The monoisotopic (exact) mass is 209 g/mol. The topological polar surface area (TPSA) is 43.8 Å². The summed E-state index contributed by atoms with van der Waals surface area (Å²) in [6.45, 7) is 0. The molecule has 1 aliphatic carbocycles. The summed E-state index contributed by atoms with van der Waals surface area (Å²) in [5.41, 5.74) is 7.27. The first-order chi connectivity index (χ1) is 6.86. The van der Waals surface area contributed by atoms with Crippen LogP contribution in [0.5, 0.6) is 0 Å². The molecule has 1 atom stereocenters. The molecule has 3 nitrogen and oxygen atoms in total. The molecule has 14 heavy (non-hydrogen) atoms. The molecule has 2 heterocycles. The van der Waals surface area contributed by atoms with Crippen molar-refractivity contribution in [2.75, 3.05) is 17.2 Å². The number of anilines is 1. The maximum absolute atomic E-state index is 6.12. The minimum absolute atomic E-state index is 0.611. The number of rotatable bonds is 2. The van der Waals surface area contributed by atoms with E-state index in [2.05, 4.69) is 9.55 Å². The second-order valence-electron chi connectivity index (χ2n) is 4.21. The van der Waals surface area contributed by atoms with Crippen molar-refractivity contribution < 1.29 is 0 Å². The zero-order valence-corrected chi connectivity index (χ0v) is 8.96. The third-order valence-corrected chi connectivity index (χ3v) is 4.28. The SMILES string of the molecule is Nc1c(C2CCSC2)ncn1C1CC1. The standard InChI is InChI=1S/C10H15N3S/c11-10-9(7-3-4-14-5-7)12-6-13(10)8-1-2-8/h6-8H,1-5,11H2. The maximum atomic E-state index is 6.12. The van der Waals surface area contributed by atoms with Crippen molar-refractivity contribution in [3.05, 3.63) is 12.0 Å². The molecule has 76 valence electrons. The lowest BCUT2D eigenvalue weighted by Crippen LogP contribution is -2.04. The van der Waals surface area contributed by atoms with Gasteiger partial charge < -0.3 is 10.3 Å². The van der Waals surface area contributed by atoms with Gasteiger partial charge in [-0.2, -0.15) is 11.8 Å². The lowest BCUT2D eigenvalue weighted by molar-refractivity contribution is 0.742. The smallest absolute Gasteiger partial charge is 0.127 e. The molecular weight excluding hydrogens is 194 g/mol. The fourth-order valence-corrected chi connectivity index (χ4v) is 3.32. The fraction of sp³-hybridized carbons (Fsp3) is 0.700. The largest absolute Gasteiger partial charge is 0.384 e. The van der Waals surface area contributed by atoms with Gasteiger partial charge in [-0.1, -0.05) is 0 Å². The van der Waals surface area contributed by atoms with E-state index >= 15 is 0 Å². The molecule has 0 spiro atoms. The summed E-state index contributed by atoms with van der Waals surface area (Å²) >= 11 is 2.01. The quantitative estimate of drug-likeness (QED) is 0.810. The van der Waals surface area contributed by atoms with Crippen molar-refractivity contribution in [1.29, 1.82) is 0 Å². The zero-order chi connectivity index (χ0) is 9.54. The predicted molar refractivity (Wildman–Crippen MR) is 59.6 cm³/mol. The van der Waals surface area contributed by atoms with Crippen LogP contribution < -0.4 is 5.73 Å². The molecule has 2 fully saturated rings. The Morgan fingerprint density at radius 3 is 2.93 bits per heavy atom. The van der Waals surface area contributed by atoms with Gasteiger partial charge in [0.05, 0.1) is 12.0 Å². The summed E-state index contributed by atoms with van der Waals surface area (Å²) in [7, 11) is 0. The van der Waals surface area contributed by atoms with E-state index in [1.54, 1.807) is 0 Å². The Bertz CT molecular complexity index is 337. The molecule has 1 aromatic heterocycles. The van der Waals surface area contributed by atoms with Gasteiger partial charge in [0.15, 0.2) is 0 Å². The van der Waals surface area contributed by atoms with Crippen molar-refractivity contribution in [2.45, 2.75) is 31.2 Å². The zero-order valence-electron chi connectivity index (χ0n) is 8.15. The van der Waals surface area contributed by atoms with Crippen LogP contribution in [0.3, 0.4) is 0 Å². The summed E-state index contributed by atoms with van der Waals surface area (Å²) < 4.78 is 2.16. The summed E-state index contributed by atoms with van der Waals surface area (Å²) in [5.74, 6) is 4.01. The molecule has 2 aliphatic rings. The minimum atomic E-state index is 0.611. The van der Waals surface area contributed by atoms with Gasteiger partial charge in [0.25, 0.3) is 0 Å². The van der Waals surface area contributed by atoms with E-state index in [1.807, 2.05) is 18.1 Å². The second-order valence-corrected chi connectivity index (χ2v) is 5.36. The minimum Gasteiger partial charge on any atom is -0.384 e. The normalized spacial score (nSPS) is 27.0. The van der Waals surface area contributed by atoms with Crippen LogP contribution in [-0.4, -0.2) is 21.1 Å². The highest BCUT2D eigenvalue weighted by atomic mass is 32.2. The molecular formula is C10H15N3S. The van der Waals surface area contributed by atoms with E-state index in [9.17, 15) is 0 Å². The van der Waals surface area contributed by atoms with Crippen molar-refractivity contribution in [3.8, 4) is 0 Å². The molecule has 1 saturated carbocycles. The summed E-state index contributed by atoms with van der Waals surface area (Å²) in [4.78, 5) is 4.48. The number of hydrogen-bond acceptors (Lipinski definition) is 3. The first-order valence-electron chi connectivity index (χ1n) is 5.26. The molecule has 1 unspecified atom stereocenters. The molecule has 4 heteroatoms. The highest BCUT2D eigenvalue weighted by molar-refractivity contribution is 7.99. The third-order valence-electron chi connectivity index (χ3n) is 3.12.